The van der Waals surface area contributed by atoms with Crippen molar-refractivity contribution in [1.29, 1.82) is 0 Å². The van der Waals surface area contributed by atoms with Gasteiger partial charge in [0, 0.05) is 32.2 Å². The summed E-state index contributed by atoms with van der Waals surface area (Å²) in [5.41, 5.74) is 0. The molecule has 0 aliphatic carbocycles. The molecule has 0 unspecified atom stereocenters. The Morgan fingerprint density at radius 3 is 2.44 bits per heavy atom. The fourth-order valence-corrected chi connectivity index (χ4v) is 1.43. The largest absolute Gasteiger partial charge is 0.380 e. The highest BCUT2D eigenvalue weighted by Gasteiger charge is 2.02. The van der Waals surface area contributed by atoms with Crippen molar-refractivity contribution in [3.05, 3.63) is 0 Å². The summed E-state index contributed by atoms with van der Waals surface area (Å²) in [5.74, 6) is 0.748. The van der Waals surface area contributed by atoms with E-state index in [1.54, 1.807) is 0 Å². The summed E-state index contributed by atoms with van der Waals surface area (Å²) in [6.45, 7) is 11.6. The Labute approximate surface area is 112 Å². The second-order valence-corrected chi connectivity index (χ2v) is 5.36. The van der Waals surface area contributed by atoms with Crippen LogP contribution in [-0.2, 0) is 9.53 Å². The zero-order valence-corrected chi connectivity index (χ0v) is 12.4. The summed E-state index contributed by atoms with van der Waals surface area (Å²) in [5, 5.41) is 6.20. The molecular weight excluding hydrogens is 228 g/mol. The Balaban J connectivity index is 3.17. The van der Waals surface area contributed by atoms with Gasteiger partial charge < -0.3 is 15.4 Å². The minimum Gasteiger partial charge on any atom is -0.380 e. The monoisotopic (exact) mass is 258 g/mol. The van der Waals surface area contributed by atoms with Crippen LogP contribution in [0.5, 0.6) is 0 Å². The van der Waals surface area contributed by atoms with E-state index in [0.717, 1.165) is 26.0 Å². The third-order valence-electron chi connectivity index (χ3n) is 2.54. The van der Waals surface area contributed by atoms with Crippen LogP contribution in [0.15, 0.2) is 0 Å². The lowest BCUT2D eigenvalue weighted by molar-refractivity contribution is -0.121. The molecule has 4 nitrogen and oxygen atoms in total. The Morgan fingerprint density at radius 1 is 1.11 bits per heavy atom. The van der Waals surface area contributed by atoms with Gasteiger partial charge in [-0.15, -0.1) is 0 Å². The molecule has 0 rings (SSSR count). The first-order valence-corrected chi connectivity index (χ1v) is 7.10. The van der Waals surface area contributed by atoms with Crippen molar-refractivity contribution in [3.63, 3.8) is 0 Å². The lowest BCUT2D eigenvalue weighted by Crippen LogP contribution is -2.27. The highest BCUT2D eigenvalue weighted by Crippen LogP contribution is 2.02. The van der Waals surface area contributed by atoms with Crippen molar-refractivity contribution in [3.8, 4) is 0 Å². The Kier molecular flexibility index (Phi) is 11.1. The molecule has 0 aromatic heterocycles. The predicted octanol–water partition coefficient (Wildman–Crippen LogP) is 1.94. The minimum atomic E-state index is 0.158. The van der Waals surface area contributed by atoms with Gasteiger partial charge in [-0.05, 0) is 18.8 Å². The van der Waals surface area contributed by atoms with Gasteiger partial charge in [0.2, 0.25) is 5.91 Å². The topological polar surface area (TPSA) is 50.4 Å². The van der Waals surface area contributed by atoms with Crippen molar-refractivity contribution in [1.82, 2.24) is 10.6 Å². The van der Waals surface area contributed by atoms with Crippen LogP contribution in [0.25, 0.3) is 0 Å². The zero-order valence-electron chi connectivity index (χ0n) is 12.4. The summed E-state index contributed by atoms with van der Waals surface area (Å²) in [6, 6.07) is 0.508. The molecule has 1 amide bonds. The van der Waals surface area contributed by atoms with Crippen molar-refractivity contribution in [2.24, 2.45) is 5.92 Å². The van der Waals surface area contributed by atoms with Crippen LogP contribution in [-0.4, -0.2) is 38.3 Å². The van der Waals surface area contributed by atoms with Gasteiger partial charge in [-0.2, -0.15) is 0 Å². The van der Waals surface area contributed by atoms with E-state index in [-0.39, 0.29) is 5.91 Å². The van der Waals surface area contributed by atoms with E-state index in [1.807, 2.05) is 0 Å². The lowest BCUT2D eigenvalue weighted by atomic mass is 10.1. The second kappa shape index (κ2) is 11.5. The number of rotatable bonds is 11. The fourth-order valence-electron chi connectivity index (χ4n) is 1.43. The third kappa shape index (κ3) is 13.5. The normalized spacial score (nSPS) is 11.2. The quantitative estimate of drug-likeness (QED) is 0.557. The second-order valence-electron chi connectivity index (χ2n) is 5.36. The van der Waals surface area contributed by atoms with Crippen molar-refractivity contribution in [2.75, 3.05) is 26.3 Å². The van der Waals surface area contributed by atoms with Gasteiger partial charge in [0.1, 0.15) is 0 Å². The molecule has 0 spiro atoms. The van der Waals surface area contributed by atoms with Gasteiger partial charge in [0.25, 0.3) is 0 Å². The van der Waals surface area contributed by atoms with Crippen LogP contribution in [0.3, 0.4) is 0 Å². The molecule has 0 aromatic rings. The van der Waals surface area contributed by atoms with Crippen LogP contribution < -0.4 is 10.6 Å². The van der Waals surface area contributed by atoms with Crippen LogP contribution in [0, 0.1) is 5.92 Å². The summed E-state index contributed by atoms with van der Waals surface area (Å²) >= 11 is 0. The Bertz CT molecular complexity index is 206. The van der Waals surface area contributed by atoms with E-state index in [4.69, 9.17) is 4.74 Å². The standard InChI is InChI=1S/C14H30N2O2/c1-12(2)6-7-14(17)16-8-5-10-18-11-9-15-13(3)4/h12-13,15H,5-11H2,1-4H3,(H,16,17). The maximum absolute atomic E-state index is 11.4. The van der Waals surface area contributed by atoms with Gasteiger partial charge >= 0.3 is 0 Å². The Hall–Kier alpha value is -0.610. The highest BCUT2D eigenvalue weighted by molar-refractivity contribution is 5.75. The molecule has 18 heavy (non-hydrogen) atoms. The number of carbonyl (C=O) groups excluding carboxylic acids is 1. The van der Waals surface area contributed by atoms with Crippen molar-refractivity contribution in [2.45, 2.75) is 53.0 Å². The zero-order chi connectivity index (χ0) is 13.8. The molecule has 108 valence electrons. The maximum atomic E-state index is 11.4. The van der Waals surface area contributed by atoms with Crippen LogP contribution in [0.4, 0.5) is 0 Å². The molecule has 0 fully saturated rings. The average molecular weight is 258 g/mol. The van der Waals surface area contributed by atoms with E-state index < -0.39 is 0 Å². The smallest absolute Gasteiger partial charge is 0.220 e. The molecule has 0 aliphatic heterocycles. The highest BCUT2D eigenvalue weighted by atomic mass is 16.5. The molecular formula is C14H30N2O2. The summed E-state index contributed by atoms with van der Waals surface area (Å²) in [4.78, 5) is 11.4. The van der Waals surface area contributed by atoms with Crippen LogP contribution >= 0.6 is 0 Å². The molecule has 0 heterocycles. The maximum Gasteiger partial charge on any atom is 0.220 e. The average Bonchev–Trinajstić information content (AvgIpc) is 2.29. The van der Waals surface area contributed by atoms with Gasteiger partial charge in [0.15, 0.2) is 0 Å². The molecule has 4 heteroatoms. The Morgan fingerprint density at radius 2 is 1.83 bits per heavy atom. The predicted molar refractivity (Wildman–Crippen MR) is 75.7 cm³/mol. The third-order valence-corrected chi connectivity index (χ3v) is 2.54. The molecule has 2 N–H and O–H groups in total. The van der Waals surface area contributed by atoms with Crippen LogP contribution in [0.1, 0.15) is 47.0 Å². The molecule has 0 atom stereocenters. The molecule has 0 aromatic carbocycles. The summed E-state index contributed by atoms with van der Waals surface area (Å²) in [6.07, 6.45) is 2.48. The first kappa shape index (κ1) is 17.4. The van der Waals surface area contributed by atoms with E-state index in [9.17, 15) is 4.79 Å². The molecule has 0 radical (unpaired) electrons. The van der Waals surface area contributed by atoms with E-state index in [2.05, 4.69) is 38.3 Å². The first-order valence-electron chi connectivity index (χ1n) is 7.10. The minimum absolute atomic E-state index is 0.158. The van der Waals surface area contributed by atoms with E-state index >= 15 is 0 Å². The lowest BCUT2D eigenvalue weighted by Gasteiger charge is -2.09. The first-order chi connectivity index (χ1) is 8.52. The van der Waals surface area contributed by atoms with Crippen molar-refractivity contribution >= 4 is 5.91 Å². The van der Waals surface area contributed by atoms with E-state index in [0.29, 0.717) is 31.5 Å². The number of amides is 1. The molecule has 0 saturated carbocycles. The summed E-state index contributed by atoms with van der Waals surface area (Å²) < 4.78 is 5.45. The number of carbonyl (C=O) groups is 1. The number of hydrogen-bond donors (Lipinski definition) is 2. The number of ether oxygens (including phenoxy) is 1. The van der Waals surface area contributed by atoms with Gasteiger partial charge in [-0.3, -0.25) is 4.79 Å². The molecule has 0 bridgehead atoms. The van der Waals surface area contributed by atoms with Crippen LogP contribution in [0.2, 0.25) is 0 Å². The van der Waals surface area contributed by atoms with E-state index in [1.165, 1.54) is 0 Å². The van der Waals surface area contributed by atoms with Gasteiger partial charge in [-0.1, -0.05) is 27.7 Å². The number of hydrogen-bond acceptors (Lipinski definition) is 3. The molecule has 0 aliphatic rings. The van der Waals surface area contributed by atoms with Crippen molar-refractivity contribution < 1.29 is 9.53 Å². The SMILES string of the molecule is CC(C)CCC(=O)NCCCOCCNC(C)C. The summed E-state index contributed by atoms with van der Waals surface area (Å²) in [7, 11) is 0. The fraction of sp³-hybridized carbons (Fsp3) is 0.929. The van der Waals surface area contributed by atoms with Gasteiger partial charge in [0.05, 0.1) is 6.61 Å². The molecule has 0 saturated heterocycles. The van der Waals surface area contributed by atoms with Gasteiger partial charge in [-0.25, -0.2) is 0 Å². The number of nitrogens with one attached hydrogen (secondary N) is 2.